The standard InChI is InChI=1S/C32H35F3N2O4/c1-22(29-9-5-6-17-36-29)40-27-13-10-23(11-14-27)20-31(41-30(39)32(33,34)35)28-15-12-26(38)19-25(28)16-18-37(31)21-24-7-3-2-4-8-24/h2-4,7-8,10-15,19,22,29,36,38H,5-6,9,16-18,20-21H2,1H3. The lowest BCUT2D eigenvalue weighted by Crippen LogP contribution is -2.55. The lowest BCUT2D eigenvalue weighted by molar-refractivity contribution is -0.238. The molecule has 0 saturated carbocycles. The molecule has 41 heavy (non-hydrogen) atoms. The van der Waals surface area contributed by atoms with E-state index >= 15 is 0 Å². The fourth-order valence-electron chi connectivity index (χ4n) is 5.90. The molecule has 0 aromatic heterocycles. The normalized spacial score (nSPS) is 22.0. The molecule has 218 valence electrons. The first-order chi connectivity index (χ1) is 19.6. The number of halogens is 3. The number of aromatic hydroxyl groups is 1. The van der Waals surface area contributed by atoms with Crippen molar-refractivity contribution in [1.29, 1.82) is 0 Å². The molecule has 1 fully saturated rings. The van der Waals surface area contributed by atoms with Crippen molar-refractivity contribution in [2.75, 3.05) is 13.1 Å². The Morgan fingerprint density at radius 1 is 1.07 bits per heavy atom. The van der Waals surface area contributed by atoms with Crippen molar-refractivity contribution in [2.24, 2.45) is 0 Å². The van der Waals surface area contributed by atoms with Gasteiger partial charge in [-0.25, -0.2) is 4.79 Å². The van der Waals surface area contributed by atoms with E-state index in [1.807, 2.05) is 37.3 Å². The van der Waals surface area contributed by atoms with Gasteiger partial charge in [-0.15, -0.1) is 0 Å². The number of esters is 1. The van der Waals surface area contributed by atoms with Gasteiger partial charge in [-0.3, -0.25) is 4.90 Å². The Balaban J connectivity index is 1.49. The Morgan fingerprint density at radius 2 is 1.83 bits per heavy atom. The number of hydrogen-bond donors (Lipinski definition) is 2. The van der Waals surface area contributed by atoms with Crippen molar-refractivity contribution in [3.63, 3.8) is 0 Å². The maximum atomic E-state index is 13.7. The van der Waals surface area contributed by atoms with Gasteiger partial charge in [0.2, 0.25) is 0 Å². The van der Waals surface area contributed by atoms with Gasteiger partial charge in [0.15, 0.2) is 5.72 Å². The van der Waals surface area contributed by atoms with Crippen molar-refractivity contribution in [2.45, 2.75) is 69.6 Å². The van der Waals surface area contributed by atoms with Gasteiger partial charge in [0, 0.05) is 31.1 Å². The molecule has 0 radical (unpaired) electrons. The molecule has 2 aliphatic heterocycles. The number of alkyl halides is 3. The molecule has 9 heteroatoms. The number of carbonyl (C=O) groups excluding carboxylic acids is 1. The first kappa shape index (κ1) is 29.0. The fraction of sp³-hybridized carbons (Fsp3) is 0.406. The first-order valence-electron chi connectivity index (χ1n) is 14.0. The molecule has 3 aromatic carbocycles. The van der Waals surface area contributed by atoms with E-state index in [0.717, 1.165) is 31.4 Å². The van der Waals surface area contributed by atoms with Crippen molar-refractivity contribution < 1.29 is 32.5 Å². The smallest absolute Gasteiger partial charge is 0.491 e. The Kier molecular flexibility index (Phi) is 8.56. The van der Waals surface area contributed by atoms with Crippen LogP contribution in [0.1, 0.15) is 48.4 Å². The van der Waals surface area contributed by atoms with E-state index in [1.54, 1.807) is 35.2 Å². The van der Waals surface area contributed by atoms with Crippen molar-refractivity contribution in [3.05, 3.63) is 95.1 Å². The number of hydrogen-bond acceptors (Lipinski definition) is 6. The Hall–Kier alpha value is -3.56. The molecule has 2 aliphatic rings. The second-order valence-electron chi connectivity index (χ2n) is 10.9. The number of benzene rings is 3. The van der Waals surface area contributed by atoms with Crippen molar-refractivity contribution in [1.82, 2.24) is 10.2 Å². The predicted octanol–water partition coefficient (Wildman–Crippen LogP) is 5.86. The van der Waals surface area contributed by atoms with Gasteiger partial charge in [-0.1, -0.05) is 48.9 Å². The minimum atomic E-state index is -5.18. The summed E-state index contributed by atoms with van der Waals surface area (Å²) in [5.41, 5.74) is 0.849. The van der Waals surface area contributed by atoms with Gasteiger partial charge < -0.3 is 19.9 Å². The SMILES string of the molecule is CC(Oc1ccc(CC2(OC(=O)C(F)(F)F)c3ccc(O)cc3CCN2Cc2ccccc2)cc1)C1CCCCN1. The van der Waals surface area contributed by atoms with Crippen LogP contribution in [0.3, 0.4) is 0 Å². The molecule has 0 aliphatic carbocycles. The lowest BCUT2D eigenvalue weighted by atomic mass is 9.84. The average Bonchev–Trinajstić information content (AvgIpc) is 2.96. The van der Waals surface area contributed by atoms with Crippen LogP contribution >= 0.6 is 0 Å². The zero-order chi connectivity index (χ0) is 29.0. The molecule has 2 heterocycles. The van der Waals surface area contributed by atoms with Crippen LogP contribution in [-0.4, -0.2) is 47.4 Å². The van der Waals surface area contributed by atoms with Crippen LogP contribution in [0.4, 0.5) is 13.2 Å². The van der Waals surface area contributed by atoms with Crippen molar-refractivity contribution in [3.8, 4) is 11.5 Å². The lowest BCUT2D eigenvalue weighted by Gasteiger charge is -2.47. The van der Waals surface area contributed by atoms with Gasteiger partial charge in [-0.05, 0) is 79.8 Å². The number of rotatable bonds is 8. The summed E-state index contributed by atoms with van der Waals surface area (Å²) < 4.78 is 52.7. The summed E-state index contributed by atoms with van der Waals surface area (Å²) in [4.78, 5) is 14.3. The number of nitrogens with one attached hydrogen (secondary N) is 1. The molecular formula is C32H35F3N2O4. The maximum absolute atomic E-state index is 13.7. The van der Waals surface area contributed by atoms with Gasteiger partial charge in [0.05, 0.1) is 0 Å². The molecule has 0 spiro atoms. The summed E-state index contributed by atoms with van der Waals surface area (Å²) >= 11 is 0. The Morgan fingerprint density at radius 3 is 2.51 bits per heavy atom. The van der Waals surface area contributed by atoms with Crippen molar-refractivity contribution >= 4 is 5.97 Å². The van der Waals surface area contributed by atoms with Gasteiger partial charge in [-0.2, -0.15) is 13.2 Å². The molecule has 5 rings (SSSR count). The highest BCUT2D eigenvalue weighted by atomic mass is 19.4. The molecular weight excluding hydrogens is 533 g/mol. The summed E-state index contributed by atoms with van der Waals surface area (Å²) in [5.74, 6) is -1.60. The predicted molar refractivity (Wildman–Crippen MR) is 148 cm³/mol. The second kappa shape index (κ2) is 12.1. The topological polar surface area (TPSA) is 71.0 Å². The molecule has 0 amide bonds. The number of fused-ring (bicyclic) bond motifs is 1. The molecule has 2 N–H and O–H groups in total. The number of carbonyl (C=O) groups is 1. The highest BCUT2D eigenvalue weighted by Gasteiger charge is 2.52. The molecule has 6 nitrogen and oxygen atoms in total. The zero-order valence-electron chi connectivity index (χ0n) is 23.0. The van der Waals surface area contributed by atoms with E-state index in [1.165, 1.54) is 12.1 Å². The Bertz CT molecular complexity index is 1330. The molecule has 1 saturated heterocycles. The third-order valence-corrected chi connectivity index (χ3v) is 7.98. The fourth-order valence-corrected chi connectivity index (χ4v) is 5.90. The zero-order valence-corrected chi connectivity index (χ0v) is 23.0. The maximum Gasteiger partial charge on any atom is 0.491 e. The third-order valence-electron chi connectivity index (χ3n) is 7.98. The summed E-state index contributed by atoms with van der Waals surface area (Å²) in [7, 11) is 0. The van der Waals surface area contributed by atoms with Crippen LogP contribution in [0, 0.1) is 0 Å². The molecule has 3 aromatic rings. The quantitative estimate of drug-likeness (QED) is 0.332. The Labute approximate surface area is 238 Å². The molecule has 3 atom stereocenters. The summed E-state index contributed by atoms with van der Waals surface area (Å²) in [5, 5.41) is 13.6. The van der Waals surface area contributed by atoms with E-state index < -0.39 is 17.9 Å². The second-order valence-corrected chi connectivity index (χ2v) is 10.9. The van der Waals surface area contributed by atoms with Crippen LogP contribution < -0.4 is 10.1 Å². The van der Waals surface area contributed by atoms with Crippen LogP contribution in [0.25, 0.3) is 0 Å². The largest absolute Gasteiger partial charge is 0.508 e. The number of nitrogens with zero attached hydrogens (tertiary/aromatic N) is 1. The molecule has 3 unspecified atom stereocenters. The van der Waals surface area contributed by atoms with E-state index in [2.05, 4.69) is 5.32 Å². The van der Waals surface area contributed by atoms with Gasteiger partial charge in [0.1, 0.15) is 17.6 Å². The van der Waals surface area contributed by atoms with E-state index in [-0.39, 0.29) is 30.9 Å². The average molecular weight is 569 g/mol. The van der Waals surface area contributed by atoms with Gasteiger partial charge >= 0.3 is 12.1 Å². The highest BCUT2D eigenvalue weighted by Crippen LogP contribution is 2.43. The van der Waals surface area contributed by atoms with E-state index in [0.29, 0.717) is 35.4 Å². The van der Waals surface area contributed by atoms with Crippen LogP contribution in [0.15, 0.2) is 72.8 Å². The number of phenolic OH excluding ortho intramolecular Hbond substituents is 1. The van der Waals surface area contributed by atoms with Crippen LogP contribution in [0.2, 0.25) is 0 Å². The van der Waals surface area contributed by atoms with Gasteiger partial charge in [0.25, 0.3) is 0 Å². The van der Waals surface area contributed by atoms with Crippen LogP contribution in [-0.2, 0) is 34.6 Å². The van der Waals surface area contributed by atoms with E-state index in [4.69, 9.17) is 9.47 Å². The molecule has 0 bridgehead atoms. The summed E-state index contributed by atoms with van der Waals surface area (Å²) in [6.07, 6.45) is -1.43. The number of ether oxygens (including phenoxy) is 2. The number of phenols is 1. The highest BCUT2D eigenvalue weighted by molar-refractivity contribution is 5.76. The van der Waals surface area contributed by atoms with Crippen LogP contribution in [0.5, 0.6) is 11.5 Å². The summed E-state index contributed by atoms with van der Waals surface area (Å²) in [6, 6.07) is 21.3. The minimum absolute atomic E-state index is 0.000570. The minimum Gasteiger partial charge on any atom is -0.508 e. The first-order valence-corrected chi connectivity index (χ1v) is 14.0. The number of piperidine rings is 1. The summed E-state index contributed by atoms with van der Waals surface area (Å²) in [6.45, 7) is 3.58. The monoisotopic (exact) mass is 568 g/mol. The van der Waals surface area contributed by atoms with E-state index in [9.17, 15) is 23.1 Å². The third kappa shape index (κ3) is 6.68.